The molecule has 2 aromatic rings. The molecule has 3 rings (SSSR count). The van der Waals surface area contributed by atoms with E-state index in [0.29, 0.717) is 22.8 Å². The second-order valence-electron chi connectivity index (χ2n) is 5.98. The third-order valence-electron chi connectivity index (χ3n) is 4.25. The van der Waals surface area contributed by atoms with Gasteiger partial charge in [-0.3, -0.25) is 4.90 Å². The molecule has 1 aromatic carbocycles. The van der Waals surface area contributed by atoms with E-state index in [-0.39, 0.29) is 6.04 Å². The fourth-order valence-corrected chi connectivity index (χ4v) is 3.20. The van der Waals surface area contributed by atoms with E-state index in [9.17, 15) is 0 Å². The van der Waals surface area contributed by atoms with Crippen molar-refractivity contribution in [1.82, 2.24) is 20.0 Å². The van der Waals surface area contributed by atoms with Crippen LogP contribution in [0.1, 0.15) is 25.8 Å². The highest BCUT2D eigenvalue weighted by Gasteiger charge is 2.29. The highest BCUT2D eigenvalue weighted by atomic mass is 35.5. The molecule has 118 valence electrons. The first-order chi connectivity index (χ1) is 10.5. The van der Waals surface area contributed by atoms with Gasteiger partial charge in [-0.05, 0) is 39.1 Å². The largest absolute Gasteiger partial charge is 0.419 e. The first kappa shape index (κ1) is 15.5. The fraction of sp³-hybridized carbons (Fsp3) is 0.500. The van der Waals surface area contributed by atoms with Crippen molar-refractivity contribution in [2.24, 2.45) is 0 Å². The van der Waals surface area contributed by atoms with Crippen LogP contribution in [0.4, 0.5) is 0 Å². The Bertz CT molecular complexity index is 645. The molecule has 0 bridgehead atoms. The van der Waals surface area contributed by atoms with Gasteiger partial charge in [0.25, 0.3) is 0 Å². The maximum Gasteiger partial charge on any atom is 0.247 e. The average Bonchev–Trinajstić information content (AvgIpc) is 2.96. The lowest BCUT2D eigenvalue weighted by Crippen LogP contribution is -2.51. The molecule has 22 heavy (non-hydrogen) atoms. The predicted molar refractivity (Wildman–Crippen MR) is 86.8 cm³/mol. The summed E-state index contributed by atoms with van der Waals surface area (Å²) in [5.41, 5.74) is 0.852. The van der Waals surface area contributed by atoms with Crippen molar-refractivity contribution in [2.75, 3.05) is 26.7 Å². The second kappa shape index (κ2) is 6.36. The van der Waals surface area contributed by atoms with E-state index in [1.54, 1.807) is 0 Å². The molecule has 5 nitrogen and oxygen atoms in total. The van der Waals surface area contributed by atoms with E-state index in [4.69, 9.17) is 16.0 Å². The summed E-state index contributed by atoms with van der Waals surface area (Å²) in [6.45, 7) is 7.48. The summed E-state index contributed by atoms with van der Waals surface area (Å²) in [6.07, 6.45) is 0. The number of rotatable bonds is 3. The van der Waals surface area contributed by atoms with Crippen molar-refractivity contribution < 1.29 is 4.42 Å². The summed E-state index contributed by atoms with van der Waals surface area (Å²) < 4.78 is 5.88. The first-order valence-electron chi connectivity index (χ1n) is 7.58. The monoisotopic (exact) mass is 320 g/mol. The van der Waals surface area contributed by atoms with E-state index in [0.717, 1.165) is 25.2 Å². The lowest BCUT2D eigenvalue weighted by Gasteiger charge is -2.40. The van der Waals surface area contributed by atoms with Gasteiger partial charge < -0.3 is 9.32 Å². The van der Waals surface area contributed by atoms with Crippen molar-refractivity contribution in [2.45, 2.75) is 25.9 Å². The molecule has 0 radical (unpaired) electrons. The van der Waals surface area contributed by atoms with Crippen LogP contribution >= 0.6 is 11.6 Å². The van der Waals surface area contributed by atoms with E-state index in [1.807, 2.05) is 24.3 Å². The number of hydrogen-bond donors (Lipinski definition) is 0. The molecule has 1 aliphatic rings. The third kappa shape index (κ3) is 3.16. The number of nitrogens with zero attached hydrogens (tertiary/aromatic N) is 4. The maximum atomic E-state index is 6.02. The average molecular weight is 321 g/mol. The molecule has 1 fully saturated rings. The molecule has 1 saturated heterocycles. The molecular formula is C16H21ClN4O. The Hall–Kier alpha value is -1.43. The molecule has 0 spiro atoms. The van der Waals surface area contributed by atoms with Gasteiger partial charge in [0, 0.05) is 36.3 Å². The Kier molecular flexibility index (Phi) is 4.47. The van der Waals surface area contributed by atoms with Crippen LogP contribution in [0.5, 0.6) is 0 Å². The lowest BCUT2D eigenvalue weighted by molar-refractivity contribution is 0.0572. The van der Waals surface area contributed by atoms with Crippen molar-refractivity contribution in [3.8, 4) is 11.5 Å². The molecule has 1 aliphatic heterocycles. The van der Waals surface area contributed by atoms with Crippen LogP contribution in [0.2, 0.25) is 5.02 Å². The molecule has 0 amide bonds. The fourth-order valence-electron chi connectivity index (χ4n) is 3.01. The summed E-state index contributed by atoms with van der Waals surface area (Å²) in [6, 6.07) is 8.05. The van der Waals surface area contributed by atoms with Crippen molar-refractivity contribution in [3.63, 3.8) is 0 Å². The molecule has 6 heteroatoms. The number of likely N-dealkylation sites (N-methyl/N-ethyl adjacent to an activating group) is 1. The molecule has 0 saturated carbocycles. The Morgan fingerprint density at radius 3 is 2.86 bits per heavy atom. The standard InChI is InChI=1S/C16H21ClN4O/c1-11-10-20(3)7-8-21(11)12(2)15-18-19-16(22-15)13-5-4-6-14(17)9-13/h4-6,9,11-12H,7-8,10H2,1-3H3/t11-,12+/m1/s1. The quantitative estimate of drug-likeness (QED) is 0.869. The van der Waals surface area contributed by atoms with Gasteiger partial charge in [-0.1, -0.05) is 17.7 Å². The summed E-state index contributed by atoms with van der Waals surface area (Å²) >= 11 is 6.02. The first-order valence-corrected chi connectivity index (χ1v) is 7.96. The van der Waals surface area contributed by atoms with Gasteiger partial charge in [0.2, 0.25) is 11.8 Å². The number of hydrogen-bond acceptors (Lipinski definition) is 5. The highest BCUT2D eigenvalue weighted by molar-refractivity contribution is 6.30. The SMILES string of the molecule is C[C@@H]1CN(C)CCN1[C@@H](C)c1nnc(-c2cccc(Cl)c2)o1. The summed E-state index contributed by atoms with van der Waals surface area (Å²) in [5.74, 6) is 1.18. The van der Waals surface area contributed by atoms with Gasteiger partial charge in [0.15, 0.2) is 0 Å². The summed E-state index contributed by atoms with van der Waals surface area (Å²) in [4.78, 5) is 4.76. The number of aromatic nitrogens is 2. The zero-order valence-electron chi connectivity index (χ0n) is 13.2. The number of benzene rings is 1. The van der Waals surface area contributed by atoms with Gasteiger partial charge in [-0.15, -0.1) is 10.2 Å². The lowest BCUT2D eigenvalue weighted by atomic mass is 10.1. The molecule has 0 unspecified atom stereocenters. The van der Waals surface area contributed by atoms with Crippen LogP contribution in [0.25, 0.3) is 11.5 Å². The Labute approximate surface area is 135 Å². The summed E-state index contributed by atoms with van der Waals surface area (Å²) in [5, 5.41) is 9.07. The zero-order valence-corrected chi connectivity index (χ0v) is 13.9. The zero-order chi connectivity index (χ0) is 15.7. The van der Waals surface area contributed by atoms with Crippen molar-refractivity contribution in [3.05, 3.63) is 35.2 Å². The van der Waals surface area contributed by atoms with Crippen LogP contribution in [-0.2, 0) is 0 Å². The minimum atomic E-state index is 0.115. The van der Waals surface area contributed by atoms with Gasteiger partial charge in [-0.2, -0.15) is 0 Å². The summed E-state index contributed by atoms with van der Waals surface area (Å²) in [7, 11) is 2.16. The smallest absolute Gasteiger partial charge is 0.247 e. The van der Waals surface area contributed by atoms with Crippen LogP contribution in [-0.4, -0.2) is 52.7 Å². The normalized spacial score (nSPS) is 21.9. The van der Waals surface area contributed by atoms with Gasteiger partial charge in [0.1, 0.15) is 0 Å². The topological polar surface area (TPSA) is 45.4 Å². The Morgan fingerprint density at radius 1 is 1.32 bits per heavy atom. The Balaban J connectivity index is 1.78. The van der Waals surface area contributed by atoms with E-state index in [2.05, 4.69) is 40.9 Å². The minimum Gasteiger partial charge on any atom is -0.419 e. The van der Waals surface area contributed by atoms with E-state index in [1.165, 1.54) is 0 Å². The van der Waals surface area contributed by atoms with E-state index < -0.39 is 0 Å². The molecular weight excluding hydrogens is 300 g/mol. The highest BCUT2D eigenvalue weighted by Crippen LogP contribution is 2.27. The Morgan fingerprint density at radius 2 is 2.14 bits per heavy atom. The molecule has 0 N–H and O–H groups in total. The van der Waals surface area contributed by atoms with Gasteiger partial charge in [0.05, 0.1) is 6.04 Å². The van der Waals surface area contributed by atoms with Crippen molar-refractivity contribution >= 4 is 11.6 Å². The molecule has 0 aliphatic carbocycles. The number of halogens is 1. The van der Waals surface area contributed by atoms with Crippen LogP contribution in [0.15, 0.2) is 28.7 Å². The second-order valence-corrected chi connectivity index (χ2v) is 6.42. The molecule has 2 heterocycles. The van der Waals surface area contributed by atoms with Crippen LogP contribution in [0, 0.1) is 0 Å². The van der Waals surface area contributed by atoms with Crippen LogP contribution in [0.3, 0.4) is 0 Å². The van der Waals surface area contributed by atoms with Gasteiger partial charge >= 0.3 is 0 Å². The molecule has 2 atom stereocenters. The van der Waals surface area contributed by atoms with Gasteiger partial charge in [-0.25, -0.2) is 0 Å². The van der Waals surface area contributed by atoms with Crippen molar-refractivity contribution in [1.29, 1.82) is 0 Å². The molecule has 1 aromatic heterocycles. The van der Waals surface area contributed by atoms with Crippen LogP contribution < -0.4 is 0 Å². The van der Waals surface area contributed by atoms with E-state index >= 15 is 0 Å². The number of piperazine rings is 1. The maximum absolute atomic E-state index is 6.02. The predicted octanol–water partition coefficient (Wildman–Crippen LogP) is 3.09. The minimum absolute atomic E-state index is 0.115. The third-order valence-corrected chi connectivity index (χ3v) is 4.48.